The van der Waals surface area contributed by atoms with Crippen molar-refractivity contribution in [2.24, 2.45) is 0 Å². The number of aromatic nitrogens is 2. The normalized spacial score (nSPS) is 20.8. The molecular formula is C11H15ClN2O2. The lowest BCUT2D eigenvalue weighted by Crippen LogP contribution is -2.26. The lowest BCUT2D eigenvalue weighted by atomic mass is 10.1. The molecule has 0 saturated carbocycles. The molecular weight excluding hydrogens is 228 g/mol. The molecule has 2 heterocycles. The highest BCUT2D eigenvalue weighted by Gasteiger charge is 2.14. The van der Waals surface area contributed by atoms with Crippen LogP contribution in [0.5, 0.6) is 5.88 Å². The van der Waals surface area contributed by atoms with Crippen LogP contribution in [0.3, 0.4) is 0 Å². The number of hydrogen-bond acceptors (Lipinski definition) is 4. The molecule has 1 aliphatic heterocycles. The fourth-order valence-corrected chi connectivity index (χ4v) is 1.91. The van der Waals surface area contributed by atoms with E-state index >= 15 is 0 Å². The average Bonchev–Trinajstić information content (AvgIpc) is 2.27. The van der Waals surface area contributed by atoms with Crippen LogP contribution in [-0.4, -0.2) is 29.3 Å². The lowest BCUT2D eigenvalue weighted by Gasteiger charge is -2.22. The van der Waals surface area contributed by atoms with Crippen LogP contribution in [0.4, 0.5) is 0 Å². The first-order valence-electron chi connectivity index (χ1n) is 5.49. The fraction of sp³-hybridized carbons (Fsp3) is 0.636. The van der Waals surface area contributed by atoms with Gasteiger partial charge in [0.15, 0.2) is 0 Å². The molecule has 0 bridgehead atoms. The fourth-order valence-electron chi connectivity index (χ4n) is 1.70. The van der Waals surface area contributed by atoms with E-state index in [0.29, 0.717) is 23.5 Å². The minimum Gasteiger partial charge on any atom is -0.475 e. The summed E-state index contributed by atoms with van der Waals surface area (Å²) in [4.78, 5) is 8.12. The molecule has 88 valence electrons. The van der Waals surface area contributed by atoms with E-state index in [1.807, 2.05) is 0 Å². The predicted molar refractivity (Wildman–Crippen MR) is 60.9 cm³/mol. The van der Waals surface area contributed by atoms with Crippen molar-refractivity contribution in [3.8, 4) is 5.88 Å². The summed E-state index contributed by atoms with van der Waals surface area (Å²) in [6.07, 6.45) is 3.59. The van der Waals surface area contributed by atoms with E-state index in [2.05, 4.69) is 9.97 Å². The summed E-state index contributed by atoms with van der Waals surface area (Å²) in [7, 11) is 0. The second-order valence-electron chi connectivity index (χ2n) is 3.88. The quantitative estimate of drug-likeness (QED) is 0.764. The summed E-state index contributed by atoms with van der Waals surface area (Å²) in [5, 5.41) is 0.409. The van der Waals surface area contributed by atoms with Gasteiger partial charge in [-0.15, -0.1) is 0 Å². The lowest BCUT2D eigenvalue weighted by molar-refractivity contribution is -0.0120. The van der Waals surface area contributed by atoms with Gasteiger partial charge in [-0.2, -0.15) is 4.98 Å². The van der Waals surface area contributed by atoms with Gasteiger partial charge in [0, 0.05) is 12.7 Å². The Balaban J connectivity index is 1.88. The molecule has 2 rings (SSSR count). The van der Waals surface area contributed by atoms with Crippen LogP contribution >= 0.6 is 11.6 Å². The molecule has 1 aromatic rings. The first-order chi connectivity index (χ1) is 7.74. The summed E-state index contributed by atoms with van der Waals surface area (Å²) in [5.74, 6) is 1.14. The van der Waals surface area contributed by atoms with Crippen molar-refractivity contribution in [3.05, 3.63) is 17.0 Å². The van der Waals surface area contributed by atoms with Crippen molar-refractivity contribution in [1.29, 1.82) is 0 Å². The molecule has 4 nitrogen and oxygen atoms in total. The highest BCUT2D eigenvalue weighted by molar-refractivity contribution is 6.29. The van der Waals surface area contributed by atoms with Gasteiger partial charge in [0.2, 0.25) is 5.88 Å². The second kappa shape index (κ2) is 5.46. The van der Waals surface area contributed by atoms with Crippen molar-refractivity contribution in [1.82, 2.24) is 9.97 Å². The van der Waals surface area contributed by atoms with Crippen molar-refractivity contribution in [2.45, 2.75) is 32.3 Å². The smallest absolute Gasteiger partial charge is 0.218 e. The maximum absolute atomic E-state index is 5.81. The molecule has 0 aromatic carbocycles. The number of hydrogen-bond donors (Lipinski definition) is 0. The maximum atomic E-state index is 5.81. The third-order valence-corrected chi connectivity index (χ3v) is 2.67. The van der Waals surface area contributed by atoms with Gasteiger partial charge in [-0.1, -0.05) is 11.6 Å². The summed E-state index contributed by atoms with van der Waals surface area (Å²) >= 11 is 5.81. The summed E-state index contributed by atoms with van der Waals surface area (Å²) < 4.78 is 11.1. The van der Waals surface area contributed by atoms with Gasteiger partial charge in [0.1, 0.15) is 17.6 Å². The predicted octanol–water partition coefficient (Wildman–Crippen LogP) is 2.39. The van der Waals surface area contributed by atoms with Crippen LogP contribution in [0.25, 0.3) is 0 Å². The Morgan fingerprint density at radius 3 is 3.06 bits per heavy atom. The Kier molecular flexibility index (Phi) is 3.96. The molecule has 1 atom stereocenters. The highest BCUT2D eigenvalue weighted by Crippen LogP contribution is 2.16. The van der Waals surface area contributed by atoms with E-state index < -0.39 is 0 Å². The van der Waals surface area contributed by atoms with Crippen LogP contribution < -0.4 is 4.74 Å². The Morgan fingerprint density at radius 2 is 2.38 bits per heavy atom. The van der Waals surface area contributed by atoms with Crippen LogP contribution in [-0.2, 0) is 4.74 Å². The first kappa shape index (κ1) is 11.6. The number of rotatable bonds is 3. The molecule has 0 spiro atoms. The van der Waals surface area contributed by atoms with Crippen LogP contribution in [0.15, 0.2) is 6.07 Å². The van der Waals surface area contributed by atoms with Crippen molar-refractivity contribution < 1.29 is 9.47 Å². The van der Waals surface area contributed by atoms with Gasteiger partial charge in [-0.05, 0) is 26.2 Å². The first-order valence-corrected chi connectivity index (χ1v) is 5.87. The number of aryl methyl sites for hydroxylation is 1. The minimum absolute atomic E-state index is 0.183. The van der Waals surface area contributed by atoms with Crippen molar-refractivity contribution in [2.75, 3.05) is 13.2 Å². The Hall–Kier alpha value is -0.870. The van der Waals surface area contributed by atoms with Gasteiger partial charge in [-0.25, -0.2) is 4.98 Å². The average molecular weight is 243 g/mol. The Morgan fingerprint density at radius 1 is 1.50 bits per heavy atom. The molecule has 16 heavy (non-hydrogen) atoms. The molecule has 1 unspecified atom stereocenters. The minimum atomic E-state index is 0.183. The molecule has 0 amide bonds. The van der Waals surface area contributed by atoms with E-state index in [1.165, 1.54) is 6.42 Å². The molecule has 0 aliphatic carbocycles. The Bertz CT molecular complexity index is 334. The van der Waals surface area contributed by atoms with Gasteiger partial charge in [-0.3, -0.25) is 0 Å². The molecule has 5 heteroatoms. The van der Waals surface area contributed by atoms with Crippen LogP contribution in [0.1, 0.15) is 25.1 Å². The van der Waals surface area contributed by atoms with Gasteiger partial charge in [0.05, 0.1) is 6.10 Å². The van der Waals surface area contributed by atoms with E-state index in [9.17, 15) is 0 Å². The molecule has 0 radical (unpaired) electrons. The zero-order valence-electron chi connectivity index (χ0n) is 9.28. The number of ether oxygens (including phenoxy) is 2. The van der Waals surface area contributed by atoms with Crippen molar-refractivity contribution >= 4 is 11.6 Å². The summed E-state index contributed by atoms with van der Waals surface area (Å²) in [6.45, 7) is 3.15. The molecule has 1 saturated heterocycles. The topological polar surface area (TPSA) is 44.2 Å². The zero-order valence-corrected chi connectivity index (χ0v) is 10.0. The van der Waals surface area contributed by atoms with E-state index in [1.54, 1.807) is 13.0 Å². The molecule has 0 N–H and O–H groups in total. The maximum Gasteiger partial charge on any atom is 0.218 e. The van der Waals surface area contributed by atoms with Gasteiger partial charge < -0.3 is 9.47 Å². The standard InChI is InChI=1S/C11H15ClN2O2/c1-8-13-10(12)6-11(14-8)16-7-9-4-2-3-5-15-9/h6,9H,2-5,7H2,1H3. The number of halogens is 1. The molecule has 1 fully saturated rings. The van der Waals surface area contributed by atoms with E-state index in [-0.39, 0.29) is 6.10 Å². The van der Waals surface area contributed by atoms with E-state index in [4.69, 9.17) is 21.1 Å². The van der Waals surface area contributed by atoms with Crippen LogP contribution in [0.2, 0.25) is 5.15 Å². The summed E-state index contributed by atoms with van der Waals surface area (Å²) in [6, 6.07) is 1.62. The van der Waals surface area contributed by atoms with E-state index in [0.717, 1.165) is 19.4 Å². The SMILES string of the molecule is Cc1nc(Cl)cc(OCC2CCCCO2)n1. The van der Waals surface area contributed by atoms with Gasteiger partial charge >= 0.3 is 0 Å². The summed E-state index contributed by atoms with van der Waals surface area (Å²) in [5.41, 5.74) is 0. The second-order valence-corrected chi connectivity index (χ2v) is 4.26. The van der Waals surface area contributed by atoms with Gasteiger partial charge in [0.25, 0.3) is 0 Å². The Labute approximate surface area is 99.9 Å². The van der Waals surface area contributed by atoms with Crippen molar-refractivity contribution in [3.63, 3.8) is 0 Å². The highest BCUT2D eigenvalue weighted by atomic mass is 35.5. The third-order valence-electron chi connectivity index (χ3n) is 2.47. The van der Waals surface area contributed by atoms with Crippen LogP contribution in [0, 0.1) is 6.92 Å². The molecule has 1 aromatic heterocycles. The number of nitrogens with zero attached hydrogens (tertiary/aromatic N) is 2. The third kappa shape index (κ3) is 3.32. The largest absolute Gasteiger partial charge is 0.475 e. The molecule has 1 aliphatic rings. The zero-order chi connectivity index (χ0) is 11.4. The monoisotopic (exact) mass is 242 g/mol.